The topological polar surface area (TPSA) is 81.5 Å². The van der Waals surface area contributed by atoms with Crippen LogP contribution in [0, 0.1) is 15.9 Å². The fourth-order valence-corrected chi connectivity index (χ4v) is 1.66. The SMILES string of the molecule is CNC(=O)c1ccc(F)c2c1C=C([N+](=O)[O-])CO2. The van der Waals surface area contributed by atoms with Crippen molar-refractivity contribution < 1.29 is 18.8 Å². The van der Waals surface area contributed by atoms with Gasteiger partial charge in [-0.25, -0.2) is 4.39 Å². The molecule has 7 heteroatoms. The van der Waals surface area contributed by atoms with Gasteiger partial charge in [0.1, 0.15) is 0 Å². The van der Waals surface area contributed by atoms with Gasteiger partial charge in [-0.05, 0) is 12.1 Å². The molecule has 0 saturated heterocycles. The third-order valence-electron chi connectivity index (χ3n) is 2.53. The molecule has 0 atom stereocenters. The molecule has 94 valence electrons. The third kappa shape index (κ3) is 1.90. The molecule has 0 bridgehead atoms. The summed E-state index contributed by atoms with van der Waals surface area (Å²) in [5.74, 6) is -1.26. The lowest BCUT2D eigenvalue weighted by molar-refractivity contribution is -0.427. The fourth-order valence-electron chi connectivity index (χ4n) is 1.66. The van der Waals surface area contributed by atoms with Crippen molar-refractivity contribution in [2.24, 2.45) is 0 Å². The van der Waals surface area contributed by atoms with E-state index in [4.69, 9.17) is 4.74 Å². The average Bonchev–Trinajstić information content (AvgIpc) is 2.38. The summed E-state index contributed by atoms with van der Waals surface area (Å²) in [6, 6.07) is 2.35. The Kier molecular flexibility index (Phi) is 2.97. The molecule has 0 radical (unpaired) electrons. The van der Waals surface area contributed by atoms with Gasteiger partial charge in [-0.3, -0.25) is 14.9 Å². The van der Waals surface area contributed by atoms with E-state index in [0.717, 1.165) is 12.1 Å². The number of nitrogens with zero attached hydrogens (tertiary/aromatic N) is 1. The van der Waals surface area contributed by atoms with Crippen LogP contribution in [0.1, 0.15) is 15.9 Å². The summed E-state index contributed by atoms with van der Waals surface area (Å²) >= 11 is 0. The van der Waals surface area contributed by atoms with Crippen LogP contribution >= 0.6 is 0 Å². The minimum atomic E-state index is -0.656. The van der Waals surface area contributed by atoms with E-state index >= 15 is 0 Å². The van der Waals surface area contributed by atoms with E-state index in [9.17, 15) is 19.3 Å². The van der Waals surface area contributed by atoms with Crippen molar-refractivity contribution in [3.63, 3.8) is 0 Å². The molecule has 1 aliphatic rings. The average molecular weight is 252 g/mol. The number of nitrogens with one attached hydrogen (secondary N) is 1. The van der Waals surface area contributed by atoms with Gasteiger partial charge < -0.3 is 10.1 Å². The zero-order chi connectivity index (χ0) is 13.3. The zero-order valence-corrected chi connectivity index (χ0v) is 9.40. The van der Waals surface area contributed by atoms with Crippen LogP contribution in [0.25, 0.3) is 6.08 Å². The second-order valence-electron chi connectivity index (χ2n) is 3.60. The molecule has 1 aliphatic heterocycles. The normalized spacial score (nSPS) is 13.1. The van der Waals surface area contributed by atoms with E-state index in [2.05, 4.69) is 5.32 Å². The molecule has 0 saturated carbocycles. The fraction of sp³-hybridized carbons (Fsp3) is 0.182. The number of nitro groups is 1. The van der Waals surface area contributed by atoms with Gasteiger partial charge in [0.25, 0.3) is 11.6 Å². The van der Waals surface area contributed by atoms with Gasteiger partial charge in [0.15, 0.2) is 18.2 Å². The standard InChI is InChI=1S/C11H9FN2O4/c1-13-11(15)7-2-3-9(12)10-8(7)4-6(5-18-10)14(16)17/h2-4H,5H2,1H3,(H,13,15). The number of carbonyl (C=O) groups excluding carboxylic acids is 1. The number of ether oxygens (including phenoxy) is 1. The summed E-state index contributed by atoms with van der Waals surface area (Å²) in [7, 11) is 1.42. The zero-order valence-electron chi connectivity index (χ0n) is 9.40. The van der Waals surface area contributed by atoms with Crippen molar-refractivity contribution in [1.82, 2.24) is 5.32 Å². The highest BCUT2D eigenvalue weighted by atomic mass is 19.1. The van der Waals surface area contributed by atoms with Crippen LogP contribution in [0.4, 0.5) is 4.39 Å². The van der Waals surface area contributed by atoms with Gasteiger partial charge in [-0.15, -0.1) is 0 Å². The lowest BCUT2D eigenvalue weighted by Gasteiger charge is -2.16. The highest BCUT2D eigenvalue weighted by Gasteiger charge is 2.26. The second kappa shape index (κ2) is 4.44. The second-order valence-corrected chi connectivity index (χ2v) is 3.60. The van der Waals surface area contributed by atoms with Crippen LogP contribution in [0.2, 0.25) is 0 Å². The van der Waals surface area contributed by atoms with Crippen LogP contribution in [-0.4, -0.2) is 24.5 Å². The van der Waals surface area contributed by atoms with Crippen LogP contribution in [0.15, 0.2) is 17.8 Å². The number of amides is 1. The maximum Gasteiger partial charge on any atom is 0.284 e. The minimum absolute atomic E-state index is 0.0901. The van der Waals surface area contributed by atoms with Crippen molar-refractivity contribution in [2.45, 2.75) is 0 Å². The molecule has 1 N–H and O–H groups in total. The van der Waals surface area contributed by atoms with Crippen molar-refractivity contribution in [1.29, 1.82) is 0 Å². The van der Waals surface area contributed by atoms with E-state index in [0.29, 0.717) is 0 Å². The number of rotatable bonds is 2. The van der Waals surface area contributed by atoms with E-state index < -0.39 is 16.6 Å². The van der Waals surface area contributed by atoms with Gasteiger partial charge >= 0.3 is 0 Å². The Bertz CT molecular complexity index is 568. The van der Waals surface area contributed by atoms with Crippen molar-refractivity contribution in [2.75, 3.05) is 13.7 Å². The first kappa shape index (κ1) is 12.0. The van der Waals surface area contributed by atoms with Crippen LogP contribution in [0.3, 0.4) is 0 Å². The smallest absolute Gasteiger partial charge is 0.284 e. The molecule has 1 aromatic carbocycles. The molecule has 0 unspecified atom stereocenters. The number of benzene rings is 1. The Morgan fingerprint density at radius 2 is 2.28 bits per heavy atom. The molecule has 6 nitrogen and oxygen atoms in total. The lowest BCUT2D eigenvalue weighted by atomic mass is 10.0. The Balaban J connectivity index is 2.62. The van der Waals surface area contributed by atoms with E-state index in [1.165, 1.54) is 13.1 Å². The molecule has 2 rings (SSSR count). The number of halogens is 1. The Morgan fingerprint density at radius 3 is 2.89 bits per heavy atom. The number of carbonyl (C=O) groups is 1. The first-order valence-electron chi connectivity index (χ1n) is 5.07. The number of fused-ring (bicyclic) bond motifs is 1. The number of hydrogen-bond acceptors (Lipinski definition) is 4. The maximum atomic E-state index is 13.5. The Morgan fingerprint density at radius 1 is 1.56 bits per heavy atom. The van der Waals surface area contributed by atoms with Crippen molar-refractivity contribution in [3.05, 3.63) is 44.9 Å². The monoisotopic (exact) mass is 252 g/mol. The molecular weight excluding hydrogens is 243 g/mol. The molecule has 18 heavy (non-hydrogen) atoms. The Labute approximate surface area is 101 Å². The van der Waals surface area contributed by atoms with Crippen molar-refractivity contribution >= 4 is 12.0 Å². The highest BCUT2D eigenvalue weighted by molar-refractivity contribution is 5.98. The van der Waals surface area contributed by atoms with E-state index in [1.807, 2.05) is 0 Å². The molecule has 0 aliphatic carbocycles. The number of hydrogen-bond donors (Lipinski definition) is 1. The molecular formula is C11H9FN2O4. The van der Waals surface area contributed by atoms with E-state index in [1.54, 1.807) is 0 Å². The van der Waals surface area contributed by atoms with Gasteiger partial charge in [-0.1, -0.05) is 0 Å². The first-order valence-corrected chi connectivity index (χ1v) is 5.07. The van der Waals surface area contributed by atoms with Crippen LogP contribution < -0.4 is 10.1 Å². The molecule has 1 amide bonds. The third-order valence-corrected chi connectivity index (χ3v) is 2.53. The molecule has 0 fully saturated rings. The minimum Gasteiger partial charge on any atom is -0.479 e. The van der Waals surface area contributed by atoms with Gasteiger partial charge in [0, 0.05) is 18.7 Å². The molecule has 0 spiro atoms. The lowest BCUT2D eigenvalue weighted by Crippen LogP contribution is -2.22. The van der Waals surface area contributed by atoms with Crippen LogP contribution in [0.5, 0.6) is 5.75 Å². The molecule has 1 aromatic rings. The Hall–Kier alpha value is -2.44. The van der Waals surface area contributed by atoms with Gasteiger partial charge in [0.05, 0.1) is 10.5 Å². The summed E-state index contributed by atoms with van der Waals surface area (Å²) in [6.45, 7) is -0.325. The summed E-state index contributed by atoms with van der Waals surface area (Å²) in [5.41, 5.74) is -0.00139. The van der Waals surface area contributed by atoms with Gasteiger partial charge in [-0.2, -0.15) is 0 Å². The molecule has 0 aromatic heterocycles. The quantitative estimate of drug-likeness (QED) is 0.633. The first-order chi connectivity index (χ1) is 8.54. The predicted octanol–water partition coefficient (Wildman–Crippen LogP) is 1.20. The summed E-state index contributed by atoms with van der Waals surface area (Å²) < 4.78 is 18.5. The highest BCUT2D eigenvalue weighted by Crippen LogP contribution is 2.32. The van der Waals surface area contributed by atoms with Crippen LogP contribution in [-0.2, 0) is 0 Å². The summed E-state index contributed by atoms with van der Waals surface area (Å²) in [4.78, 5) is 21.6. The maximum absolute atomic E-state index is 13.5. The summed E-state index contributed by atoms with van der Waals surface area (Å²) in [5, 5.41) is 13.0. The van der Waals surface area contributed by atoms with Crippen molar-refractivity contribution in [3.8, 4) is 5.75 Å². The summed E-state index contributed by atoms with van der Waals surface area (Å²) in [6.07, 6.45) is 1.16. The molecule has 1 heterocycles. The largest absolute Gasteiger partial charge is 0.479 e. The van der Waals surface area contributed by atoms with Gasteiger partial charge in [0.2, 0.25) is 0 Å². The predicted molar refractivity (Wildman–Crippen MR) is 60.3 cm³/mol. The van der Waals surface area contributed by atoms with E-state index in [-0.39, 0.29) is 29.2 Å².